The molecule has 2 aliphatic heterocycles. The fourth-order valence-corrected chi connectivity index (χ4v) is 4.34. The molecular weight excluding hydrogens is 449 g/mol. The summed E-state index contributed by atoms with van der Waals surface area (Å²) in [5.74, 6) is -2.09. The van der Waals surface area contributed by atoms with E-state index >= 15 is 0 Å². The van der Waals surface area contributed by atoms with Crippen molar-refractivity contribution in [3.05, 3.63) is 53.1 Å². The Balaban J connectivity index is 1.64. The molecule has 0 radical (unpaired) electrons. The van der Waals surface area contributed by atoms with Crippen molar-refractivity contribution in [1.82, 2.24) is 5.32 Å². The Morgan fingerprint density at radius 2 is 1.78 bits per heavy atom. The largest absolute Gasteiger partial charge is 0.411 e. The number of hydrogen-bond donors (Lipinski definition) is 1. The average Bonchev–Trinajstić information content (AvgIpc) is 2.74. The second-order valence-electron chi connectivity index (χ2n) is 7.60. The standard InChI is InChI=1S/C22H18ClF3N2O4/c23-20-14(2-1-3-15(20)16-8-9-18(29)27-21(16)31)12-4-6-13(7-5-12)28-17(22(24,25)26)10-32-11-19(28)30/h1-7,16-17H,8-11H2,(H,27,29,31). The SMILES string of the molecule is O=C1CCC(c2cccc(-c3ccc(N4C(=O)COCC4C(F)(F)F)cc3)c2Cl)C(=O)N1. The number of alkyl halides is 3. The summed E-state index contributed by atoms with van der Waals surface area (Å²) >= 11 is 6.58. The maximum atomic E-state index is 13.4. The maximum Gasteiger partial charge on any atom is 0.411 e. The number of imide groups is 1. The van der Waals surface area contributed by atoms with Crippen LogP contribution in [0.25, 0.3) is 11.1 Å². The van der Waals surface area contributed by atoms with Crippen molar-refractivity contribution in [2.45, 2.75) is 31.0 Å². The van der Waals surface area contributed by atoms with Crippen LogP contribution in [0.5, 0.6) is 0 Å². The molecule has 2 heterocycles. The summed E-state index contributed by atoms with van der Waals surface area (Å²) < 4.78 is 44.9. The zero-order valence-corrected chi connectivity index (χ0v) is 17.4. The van der Waals surface area contributed by atoms with Gasteiger partial charge < -0.3 is 4.74 Å². The third-order valence-electron chi connectivity index (χ3n) is 5.56. The Morgan fingerprint density at radius 3 is 2.44 bits per heavy atom. The van der Waals surface area contributed by atoms with Crippen LogP contribution in [-0.4, -0.2) is 43.2 Å². The van der Waals surface area contributed by atoms with Crippen LogP contribution in [0.4, 0.5) is 18.9 Å². The Kier molecular flexibility index (Phi) is 5.96. The Morgan fingerprint density at radius 1 is 1.06 bits per heavy atom. The number of piperidine rings is 1. The molecule has 2 aliphatic rings. The van der Waals surface area contributed by atoms with Gasteiger partial charge in [0, 0.05) is 17.7 Å². The predicted octanol–water partition coefficient (Wildman–Crippen LogP) is 3.82. The summed E-state index contributed by atoms with van der Waals surface area (Å²) in [4.78, 5) is 36.5. The summed E-state index contributed by atoms with van der Waals surface area (Å²) in [6, 6.07) is 9.08. The molecule has 4 rings (SSSR count). The van der Waals surface area contributed by atoms with E-state index in [2.05, 4.69) is 5.32 Å². The maximum absolute atomic E-state index is 13.4. The molecule has 2 unspecified atom stereocenters. The number of amides is 3. The molecule has 0 aromatic heterocycles. The molecule has 6 nitrogen and oxygen atoms in total. The van der Waals surface area contributed by atoms with Crippen LogP contribution < -0.4 is 10.2 Å². The van der Waals surface area contributed by atoms with E-state index in [0.717, 1.165) is 0 Å². The Labute approximate surface area is 186 Å². The summed E-state index contributed by atoms with van der Waals surface area (Å²) in [7, 11) is 0. The fraction of sp³-hybridized carbons (Fsp3) is 0.318. The van der Waals surface area contributed by atoms with Crippen molar-refractivity contribution in [1.29, 1.82) is 0 Å². The topological polar surface area (TPSA) is 75.7 Å². The summed E-state index contributed by atoms with van der Waals surface area (Å²) in [6.45, 7) is -1.05. The lowest BCUT2D eigenvalue weighted by Gasteiger charge is -2.36. The number of nitrogens with zero attached hydrogens (tertiary/aromatic N) is 1. The molecule has 2 aromatic carbocycles. The monoisotopic (exact) mass is 466 g/mol. The lowest BCUT2D eigenvalue weighted by molar-refractivity contribution is -0.174. The van der Waals surface area contributed by atoms with Crippen LogP contribution in [0, 0.1) is 0 Å². The van der Waals surface area contributed by atoms with Gasteiger partial charge in [-0.05, 0) is 29.7 Å². The minimum absolute atomic E-state index is 0.0989. The zero-order chi connectivity index (χ0) is 23.0. The van der Waals surface area contributed by atoms with Gasteiger partial charge >= 0.3 is 6.18 Å². The van der Waals surface area contributed by atoms with Gasteiger partial charge in [-0.25, -0.2) is 0 Å². The lowest BCUT2D eigenvalue weighted by atomic mass is 9.88. The number of nitrogens with one attached hydrogen (secondary N) is 1. The molecule has 0 aliphatic carbocycles. The van der Waals surface area contributed by atoms with Crippen molar-refractivity contribution < 1.29 is 32.3 Å². The first-order valence-electron chi connectivity index (χ1n) is 9.86. The van der Waals surface area contributed by atoms with Crippen molar-refractivity contribution >= 4 is 35.0 Å². The van der Waals surface area contributed by atoms with Gasteiger partial charge in [0.05, 0.1) is 17.5 Å². The molecule has 3 amide bonds. The van der Waals surface area contributed by atoms with Gasteiger partial charge in [-0.1, -0.05) is 41.9 Å². The van der Waals surface area contributed by atoms with Crippen LogP contribution in [0.1, 0.15) is 24.3 Å². The number of benzene rings is 2. The first-order valence-corrected chi connectivity index (χ1v) is 10.2. The second kappa shape index (κ2) is 8.55. The van der Waals surface area contributed by atoms with Crippen molar-refractivity contribution in [3.8, 4) is 11.1 Å². The van der Waals surface area contributed by atoms with Crippen molar-refractivity contribution in [3.63, 3.8) is 0 Å². The van der Waals surface area contributed by atoms with Crippen LogP contribution in [0.3, 0.4) is 0 Å². The van der Waals surface area contributed by atoms with Gasteiger partial charge in [0.15, 0.2) is 6.04 Å². The third-order valence-corrected chi connectivity index (χ3v) is 5.98. The Hall–Kier alpha value is -2.91. The number of hydrogen-bond acceptors (Lipinski definition) is 4. The predicted molar refractivity (Wildman–Crippen MR) is 110 cm³/mol. The van der Waals surface area contributed by atoms with Gasteiger partial charge in [-0.15, -0.1) is 0 Å². The highest BCUT2D eigenvalue weighted by Crippen LogP contribution is 2.38. The minimum atomic E-state index is -4.63. The van der Waals surface area contributed by atoms with Crippen molar-refractivity contribution in [2.24, 2.45) is 0 Å². The van der Waals surface area contributed by atoms with Gasteiger partial charge in [0.2, 0.25) is 11.8 Å². The summed E-state index contributed by atoms with van der Waals surface area (Å²) in [5.41, 5.74) is 1.86. The van der Waals surface area contributed by atoms with E-state index in [1.54, 1.807) is 30.3 Å². The minimum Gasteiger partial charge on any atom is -0.369 e. The molecule has 0 bridgehead atoms. The van der Waals surface area contributed by atoms with E-state index in [0.29, 0.717) is 33.0 Å². The van der Waals surface area contributed by atoms with Crippen LogP contribution in [0.2, 0.25) is 5.02 Å². The molecule has 2 saturated heterocycles. The van der Waals surface area contributed by atoms with Gasteiger partial charge in [-0.3, -0.25) is 24.6 Å². The number of halogens is 4. The highest BCUT2D eigenvalue weighted by molar-refractivity contribution is 6.34. The number of morpholine rings is 1. The molecular formula is C22H18ClF3N2O4. The van der Waals surface area contributed by atoms with Crippen LogP contribution in [-0.2, 0) is 19.1 Å². The quantitative estimate of drug-likeness (QED) is 0.698. The third kappa shape index (κ3) is 4.22. The van der Waals surface area contributed by atoms with Gasteiger partial charge in [-0.2, -0.15) is 13.2 Å². The number of rotatable bonds is 3. The number of anilines is 1. The first kappa shape index (κ1) is 22.3. The number of carbonyl (C=O) groups excluding carboxylic acids is 3. The van der Waals surface area contributed by atoms with E-state index in [9.17, 15) is 27.6 Å². The number of carbonyl (C=O) groups is 3. The van der Waals surface area contributed by atoms with Gasteiger partial charge in [0.1, 0.15) is 6.61 Å². The van der Waals surface area contributed by atoms with Crippen molar-refractivity contribution in [2.75, 3.05) is 18.1 Å². The normalized spacial score (nSPS) is 22.1. The Bertz CT molecular complexity index is 1070. The molecule has 10 heteroatoms. The number of ether oxygens (including phenoxy) is 1. The molecule has 2 atom stereocenters. The van der Waals surface area contributed by atoms with Gasteiger partial charge in [0.25, 0.3) is 5.91 Å². The molecule has 1 N–H and O–H groups in total. The molecule has 0 saturated carbocycles. The van der Waals surface area contributed by atoms with E-state index in [-0.39, 0.29) is 18.0 Å². The second-order valence-corrected chi connectivity index (χ2v) is 7.97. The molecule has 0 spiro atoms. The molecule has 168 valence electrons. The molecule has 32 heavy (non-hydrogen) atoms. The van der Waals surface area contributed by atoms with E-state index in [1.165, 1.54) is 12.1 Å². The molecule has 2 aromatic rings. The smallest absolute Gasteiger partial charge is 0.369 e. The molecule has 2 fully saturated rings. The van der Waals surface area contributed by atoms with E-state index in [1.807, 2.05) is 0 Å². The lowest BCUT2D eigenvalue weighted by Crippen LogP contribution is -2.56. The first-order chi connectivity index (χ1) is 15.2. The van der Waals surface area contributed by atoms with Crippen LogP contribution in [0.15, 0.2) is 42.5 Å². The van der Waals surface area contributed by atoms with E-state index < -0.39 is 43.2 Å². The highest BCUT2D eigenvalue weighted by atomic mass is 35.5. The van der Waals surface area contributed by atoms with E-state index in [4.69, 9.17) is 16.3 Å². The summed E-state index contributed by atoms with van der Waals surface area (Å²) in [5, 5.41) is 2.63. The fourth-order valence-electron chi connectivity index (χ4n) is 3.97. The summed E-state index contributed by atoms with van der Waals surface area (Å²) in [6.07, 6.45) is -4.08. The highest BCUT2D eigenvalue weighted by Gasteiger charge is 2.48. The zero-order valence-electron chi connectivity index (χ0n) is 16.6. The average molecular weight is 467 g/mol. The van der Waals surface area contributed by atoms with Crippen LogP contribution >= 0.6 is 11.6 Å².